The number of carboxylic acids is 1. The molecule has 7 nitrogen and oxygen atoms in total. The Morgan fingerprint density at radius 3 is 3.00 bits per heavy atom. The van der Waals surface area contributed by atoms with Crippen molar-refractivity contribution in [1.29, 1.82) is 0 Å². The van der Waals surface area contributed by atoms with Crippen LogP contribution in [0.5, 0.6) is 0 Å². The third kappa shape index (κ3) is 3.89. The molecule has 1 atom stereocenters. The van der Waals surface area contributed by atoms with Crippen molar-refractivity contribution in [1.82, 2.24) is 10.3 Å². The van der Waals surface area contributed by atoms with Crippen LogP contribution < -0.4 is 5.32 Å². The second-order valence-corrected chi connectivity index (χ2v) is 5.02. The van der Waals surface area contributed by atoms with Crippen LogP contribution in [0, 0.1) is 0 Å². The minimum absolute atomic E-state index is 0.162. The first kappa shape index (κ1) is 15.2. The van der Waals surface area contributed by atoms with Gasteiger partial charge in [-0.3, -0.25) is 4.79 Å². The van der Waals surface area contributed by atoms with Gasteiger partial charge >= 0.3 is 5.97 Å². The third-order valence-electron chi connectivity index (χ3n) is 2.68. The summed E-state index contributed by atoms with van der Waals surface area (Å²) in [6.07, 6.45) is 1.70. The number of carbonyl (C=O) groups excluding carboxylic acids is 1. The van der Waals surface area contributed by atoms with E-state index in [1.54, 1.807) is 17.5 Å². The molecule has 112 valence electrons. The number of furan rings is 1. The van der Waals surface area contributed by atoms with E-state index >= 15 is 0 Å². The highest BCUT2D eigenvalue weighted by Crippen LogP contribution is 2.23. The third-order valence-corrected chi connectivity index (χ3v) is 3.54. The molecule has 0 saturated heterocycles. The molecule has 0 aliphatic carbocycles. The van der Waals surface area contributed by atoms with E-state index in [0.29, 0.717) is 10.8 Å². The summed E-state index contributed by atoms with van der Waals surface area (Å²) in [6.45, 7) is 0.242. The molecule has 0 fully saturated rings. The molecule has 0 radical (unpaired) electrons. The maximum Gasteiger partial charge on any atom is 0.326 e. The molecule has 2 aromatic rings. The normalized spacial score (nSPS) is 12.0. The highest BCUT2D eigenvalue weighted by molar-refractivity contribution is 7.13. The summed E-state index contributed by atoms with van der Waals surface area (Å²) < 4.78 is 10.0. The number of rotatable bonds is 7. The van der Waals surface area contributed by atoms with Crippen LogP contribution >= 0.6 is 11.3 Å². The zero-order valence-electron chi connectivity index (χ0n) is 11.2. The largest absolute Gasteiger partial charge is 0.480 e. The fraction of sp³-hybridized carbons (Fsp3) is 0.308. The van der Waals surface area contributed by atoms with E-state index < -0.39 is 17.9 Å². The molecule has 2 rings (SSSR count). The highest BCUT2D eigenvalue weighted by atomic mass is 32.1. The number of carboxylic acid groups (broad SMARTS) is 1. The molecule has 0 bridgehead atoms. The molecule has 1 unspecified atom stereocenters. The van der Waals surface area contributed by atoms with Gasteiger partial charge in [-0.1, -0.05) is 0 Å². The minimum Gasteiger partial charge on any atom is -0.480 e. The summed E-state index contributed by atoms with van der Waals surface area (Å²) in [4.78, 5) is 27.2. The van der Waals surface area contributed by atoms with Gasteiger partial charge in [-0.05, 0) is 12.1 Å². The quantitative estimate of drug-likeness (QED) is 0.806. The van der Waals surface area contributed by atoms with Crippen LogP contribution in [0.3, 0.4) is 0 Å². The number of methoxy groups -OCH3 is 1. The Hall–Kier alpha value is -2.19. The highest BCUT2D eigenvalue weighted by Gasteiger charge is 2.22. The molecule has 0 aromatic carbocycles. The number of aliphatic carboxylic acids is 1. The predicted octanol–water partition coefficient (Wildman–Crippen LogP) is 1.62. The number of hydrogen-bond donors (Lipinski definition) is 2. The number of aromatic nitrogens is 1. The van der Waals surface area contributed by atoms with Crippen LogP contribution in [0.25, 0.3) is 10.8 Å². The number of nitrogens with one attached hydrogen (secondary N) is 1. The Balaban J connectivity index is 2.04. The van der Waals surface area contributed by atoms with Crippen LogP contribution in [0.2, 0.25) is 0 Å². The summed E-state index contributed by atoms with van der Waals surface area (Å²) in [7, 11) is 1.47. The van der Waals surface area contributed by atoms with Gasteiger partial charge in [0.25, 0.3) is 5.91 Å². The average Bonchev–Trinajstić information content (AvgIpc) is 3.12. The smallest absolute Gasteiger partial charge is 0.326 e. The number of hydrogen-bond acceptors (Lipinski definition) is 6. The molecule has 0 aliphatic rings. The molecular weight excluding hydrogens is 296 g/mol. The molecule has 2 N–H and O–H groups in total. The summed E-state index contributed by atoms with van der Waals surface area (Å²) in [5.74, 6) is -1.08. The number of nitrogens with zero attached hydrogens (tertiary/aromatic N) is 1. The lowest BCUT2D eigenvalue weighted by Crippen LogP contribution is -2.41. The molecule has 2 heterocycles. The molecule has 1 amide bonds. The van der Waals surface area contributed by atoms with Gasteiger partial charge in [0.2, 0.25) is 0 Å². The lowest BCUT2D eigenvalue weighted by molar-refractivity contribution is -0.139. The van der Waals surface area contributed by atoms with Crippen molar-refractivity contribution in [2.24, 2.45) is 0 Å². The first-order valence-electron chi connectivity index (χ1n) is 6.14. The van der Waals surface area contributed by atoms with Gasteiger partial charge in [-0.15, -0.1) is 11.3 Å². The fourth-order valence-electron chi connectivity index (χ4n) is 1.62. The Labute approximate surface area is 124 Å². The van der Waals surface area contributed by atoms with E-state index in [2.05, 4.69) is 10.3 Å². The lowest BCUT2D eigenvalue weighted by atomic mass is 10.2. The van der Waals surface area contributed by atoms with E-state index in [0.717, 1.165) is 0 Å². The zero-order chi connectivity index (χ0) is 15.2. The first-order valence-corrected chi connectivity index (χ1v) is 7.01. The monoisotopic (exact) mass is 310 g/mol. The molecule has 2 aromatic heterocycles. The summed E-state index contributed by atoms with van der Waals surface area (Å²) >= 11 is 1.25. The molecule has 0 spiro atoms. The van der Waals surface area contributed by atoms with Crippen LogP contribution in [-0.2, 0) is 9.53 Å². The van der Waals surface area contributed by atoms with E-state index in [9.17, 15) is 9.59 Å². The van der Waals surface area contributed by atoms with Crippen molar-refractivity contribution in [3.05, 3.63) is 29.5 Å². The maximum absolute atomic E-state index is 12.0. The predicted molar refractivity (Wildman–Crippen MR) is 75.2 cm³/mol. The lowest BCUT2D eigenvalue weighted by Gasteiger charge is -2.12. The van der Waals surface area contributed by atoms with Crippen molar-refractivity contribution >= 4 is 23.2 Å². The Bertz CT molecular complexity index is 608. The fourth-order valence-corrected chi connectivity index (χ4v) is 2.38. The van der Waals surface area contributed by atoms with Gasteiger partial charge in [0, 0.05) is 25.5 Å². The van der Waals surface area contributed by atoms with Crippen LogP contribution in [-0.4, -0.2) is 41.7 Å². The van der Waals surface area contributed by atoms with E-state index in [1.807, 2.05) is 0 Å². The van der Waals surface area contributed by atoms with Gasteiger partial charge in [0.15, 0.2) is 10.8 Å². The maximum atomic E-state index is 12.0. The number of amides is 1. The number of carbonyl (C=O) groups is 2. The molecular formula is C13H14N2O5S. The zero-order valence-corrected chi connectivity index (χ0v) is 12.1. The first-order chi connectivity index (χ1) is 10.1. The van der Waals surface area contributed by atoms with Crippen molar-refractivity contribution < 1.29 is 23.8 Å². The van der Waals surface area contributed by atoms with Gasteiger partial charge in [-0.2, -0.15) is 0 Å². The average molecular weight is 310 g/mol. The van der Waals surface area contributed by atoms with E-state index in [1.165, 1.54) is 24.7 Å². The second kappa shape index (κ2) is 7.00. The van der Waals surface area contributed by atoms with E-state index in [4.69, 9.17) is 14.3 Å². The van der Waals surface area contributed by atoms with Gasteiger partial charge in [0.05, 0.1) is 6.26 Å². The molecule has 8 heteroatoms. The summed E-state index contributed by atoms with van der Waals surface area (Å²) in [5, 5.41) is 13.6. The van der Waals surface area contributed by atoms with Crippen LogP contribution in [0.4, 0.5) is 0 Å². The summed E-state index contributed by atoms with van der Waals surface area (Å²) in [6, 6.07) is 2.45. The Morgan fingerprint density at radius 2 is 2.38 bits per heavy atom. The topological polar surface area (TPSA) is 102 Å². The number of ether oxygens (including phenoxy) is 1. The Morgan fingerprint density at radius 1 is 1.57 bits per heavy atom. The molecule has 0 aliphatic heterocycles. The van der Waals surface area contributed by atoms with Crippen molar-refractivity contribution in [3.8, 4) is 10.8 Å². The summed E-state index contributed by atoms with van der Waals surface area (Å²) in [5.41, 5.74) is 0.162. The number of thiazole rings is 1. The van der Waals surface area contributed by atoms with Crippen molar-refractivity contribution in [3.63, 3.8) is 0 Å². The van der Waals surface area contributed by atoms with Crippen molar-refractivity contribution in [2.45, 2.75) is 12.5 Å². The minimum atomic E-state index is -1.11. The SMILES string of the molecule is COCCC(NC(=O)c1csc(-c2ccco2)n1)C(=O)O. The molecule has 0 saturated carbocycles. The molecule has 21 heavy (non-hydrogen) atoms. The van der Waals surface area contributed by atoms with Gasteiger partial charge in [0.1, 0.15) is 11.7 Å². The second-order valence-electron chi connectivity index (χ2n) is 4.16. The van der Waals surface area contributed by atoms with Gasteiger partial charge in [-0.25, -0.2) is 9.78 Å². The standard InChI is InChI=1S/C13H14N2O5S/c1-19-6-4-8(13(17)18)14-11(16)9-7-21-12(15-9)10-3-2-5-20-10/h2-3,5,7-8H,4,6H2,1H3,(H,14,16)(H,17,18). The van der Waals surface area contributed by atoms with Crippen LogP contribution in [0.15, 0.2) is 28.2 Å². The van der Waals surface area contributed by atoms with Crippen LogP contribution in [0.1, 0.15) is 16.9 Å². The van der Waals surface area contributed by atoms with Gasteiger partial charge < -0.3 is 19.6 Å². The van der Waals surface area contributed by atoms with E-state index in [-0.39, 0.29) is 18.7 Å². The van der Waals surface area contributed by atoms with Crippen molar-refractivity contribution in [2.75, 3.05) is 13.7 Å². The Kier molecular flexibility index (Phi) is 5.07.